The first-order valence-corrected chi connectivity index (χ1v) is 14.5. The second-order valence-electron chi connectivity index (χ2n) is 10.8. The zero-order valence-electron chi connectivity index (χ0n) is 22.3. The van der Waals surface area contributed by atoms with E-state index < -0.39 is 15.4 Å². The highest BCUT2D eigenvalue weighted by molar-refractivity contribution is 7.89. The topological polar surface area (TPSA) is 75.7 Å². The van der Waals surface area contributed by atoms with Crippen LogP contribution in [0.1, 0.15) is 50.7 Å². The van der Waals surface area contributed by atoms with E-state index in [0.717, 1.165) is 34.1 Å². The zero-order valence-corrected chi connectivity index (χ0v) is 23.1. The molecule has 0 bridgehead atoms. The van der Waals surface area contributed by atoms with Crippen molar-refractivity contribution in [2.45, 2.75) is 64.3 Å². The third-order valence-electron chi connectivity index (χ3n) is 7.31. The van der Waals surface area contributed by atoms with Gasteiger partial charge < -0.3 is 10.1 Å². The van der Waals surface area contributed by atoms with Gasteiger partial charge in [0, 0.05) is 24.5 Å². The maximum Gasteiger partial charge on any atom is 0.243 e. The molecule has 1 N–H and O–H groups in total. The van der Waals surface area contributed by atoms with Crippen LogP contribution in [0.15, 0.2) is 65.6 Å². The summed E-state index contributed by atoms with van der Waals surface area (Å²) in [6, 6.07) is 19.2. The van der Waals surface area contributed by atoms with Crippen LogP contribution in [0.2, 0.25) is 0 Å². The Balaban J connectivity index is 1.26. The first kappa shape index (κ1) is 27.1. The second-order valence-corrected chi connectivity index (χ2v) is 12.7. The number of sulfonamides is 1. The maximum atomic E-state index is 13.2. The molecule has 1 heterocycles. The number of hydrogen-bond donors (Lipinski definition) is 1. The largest absolute Gasteiger partial charge is 0.493 e. The summed E-state index contributed by atoms with van der Waals surface area (Å²) >= 11 is 0. The molecule has 0 spiro atoms. The lowest BCUT2D eigenvalue weighted by Gasteiger charge is -2.34. The summed E-state index contributed by atoms with van der Waals surface area (Å²) in [6.07, 6.45) is 2.68. The monoisotopic (exact) mass is 522 g/mol. The number of ether oxygens (including phenoxy) is 1. The van der Waals surface area contributed by atoms with Crippen molar-refractivity contribution < 1.29 is 17.9 Å². The van der Waals surface area contributed by atoms with Gasteiger partial charge in [-0.2, -0.15) is 4.31 Å². The summed E-state index contributed by atoms with van der Waals surface area (Å²) in [4.78, 5) is 13.4. The van der Waals surface area contributed by atoms with Crippen LogP contribution >= 0.6 is 0 Å². The van der Waals surface area contributed by atoms with E-state index in [-0.39, 0.29) is 11.9 Å². The number of aryl methyl sites for hydroxylation is 2. The Labute approximate surface area is 221 Å². The normalized spacial score (nSPS) is 15.6. The van der Waals surface area contributed by atoms with Crippen LogP contribution in [0.25, 0.3) is 10.8 Å². The van der Waals surface area contributed by atoms with Crippen molar-refractivity contribution >= 4 is 26.7 Å². The fourth-order valence-electron chi connectivity index (χ4n) is 4.77. The SMILES string of the molecule is Cc1ccc(C)c(OCCCC(C)(C)C(=O)NC2CCN(S(=O)(=O)c3ccc4ccccc4c3)CC2)c1. The second kappa shape index (κ2) is 11.2. The minimum atomic E-state index is -3.57. The van der Waals surface area contributed by atoms with Crippen molar-refractivity contribution in [3.05, 3.63) is 71.8 Å². The molecule has 0 aromatic heterocycles. The summed E-state index contributed by atoms with van der Waals surface area (Å²) in [5, 5.41) is 5.09. The molecule has 0 radical (unpaired) electrons. The molecule has 198 valence electrons. The Morgan fingerprint density at radius 2 is 1.70 bits per heavy atom. The van der Waals surface area contributed by atoms with Crippen molar-refractivity contribution in [3.8, 4) is 5.75 Å². The van der Waals surface area contributed by atoms with E-state index >= 15 is 0 Å². The Kier molecular flexibility index (Phi) is 8.24. The van der Waals surface area contributed by atoms with Crippen LogP contribution in [-0.2, 0) is 14.8 Å². The lowest BCUT2D eigenvalue weighted by atomic mass is 9.86. The molecule has 1 amide bonds. The molecule has 1 aliphatic rings. The van der Waals surface area contributed by atoms with E-state index in [1.807, 2.05) is 64.1 Å². The molecular weight excluding hydrogens is 484 g/mol. The predicted octanol–water partition coefficient (Wildman–Crippen LogP) is 5.61. The molecule has 4 rings (SSSR count). The van der Waals surface area contributed by atoms with Gasteiger partial charge in [0.1, 0.15) is 5.75 Å². The Hall–Kier alpha value is -2.90. The molecular formula is C30H38N2O4S. The first-order chi connectivity index (χ1) is 17.6. The van der Waals surface area contributed by atoms with Gasteiger partial charge in [0.05, 0.1) is 11.5 Å². The third-order valence-corrected chi connectivity index (χ3v) is 9.20. The highest BCUT2D eigenvalue weighted by Gasteiger charge is 2.33. The molecule has 1 fully saturated rings. The number of nitrogens with one attached hydrogen (secondary N) is 1. The van der Waals surface area contributed by atoms with E-state index in [2.05, 4.69) is 17.4 Å². The van der Waals surface area contributed by atoms with Crippen molar-refractivity contribution in [3.63, 3.8) is 0 Å². The molecule has 1 saturated heterocycles. The van der Waals surface area contributed by atoms with Crippen molar-refractivity contribution in [2.75, 3.05) is 19.7 Å². The fraction of sp³-hybridized carbons (Fsp3) is 0.433. The first-order valence-electron chi connectivity index (χ1n) is 13.1. The molecule has 0 atom stereocenters. The average molecular weight is 523 g/mol. The minimum Gasteiger partial charge on any atom is -0.493 e. The molecule has 0 saturated carbocycles. The minimum absolute atomic E-state index is 0.00933. The van der Waals surface area contributed by atoms with Gasteiger partial charge in [-0.05, 0) is 79.6 Å². The van der Waals surface area contributed by atoms with Crippen molar-refractivity contribution in [2.24, 2.45) is 5.41 Å². The number of carbonyl (C=O) groups is 1. The van der Waals surface area contributed by atoms with Gasteiger partial charge in [0.15, 0.2) is 0 Å². The van der Waals surface area contributed by atoms with Gasteiger partial charge in [0.25, 0.3) is 0 Å². The third kappa shape index (κ3) is 6.51. The van der Waals surface area contributed by atoms with E-state index in [0.29, 0.717) is 43.9 Å². The number of amides is 1. The van der Waals surface area contributed by atoms with Crippen LogP contribution in [0.3, 0.4) is 0 Å². The molecule has 0 aliphatic carbocycles. The number of piperidine rings is 1. The van der Waals surface area contributed by atoms with Gasteiger partial charge in [-0.15, -0.1) is 0 Å². The maximum absolute atomic E-state index is 13.2. The summed E-state index contributed by atoms with van der Waals surface area (Å²) in [7, 11) is -3.57. The predicted molar refractivity (Wildman–Crippen MR) is 148 cm³/mol. The standard InChI is InChI=1S/C30H38N2O4S/c1-22-10-11-23(2)28(20-22)36-19-7-16-30(3,4)29(33)31-26-14-17-32(18-15-26)37(34,35)27-13-12-24-8-5-6-9-25(24)21-27/h5-6,8-13,20-21,26H,7,14-19H2,1-4H3,(H,31,33). The van der Waals surface area contributed by atoms with Gasteiger partial charge in [-0.1, -0.05) is 56.3 Å². The number of fused-ring (bicyclic) bond motifs is 1. The summed E-state index contributed by atoms with van der Waals surface area (Å²) in [5.74, 6) is 0.905. The van der Waals surface area contributed by atoms with Crippen molar-refractivity contribution in [1.29, 1.82) is 0 Å². The van der Waals surface area contributed by atoms with Crippen LogP contribution in [0.5, 0.6) is 5.75 Å². The van der Waals surface area contributed by atoms with Gasteiger partial charge >= 0.3 is 0 Å². The Morgan fingerprint density at radius 3 is 2.43 bits per heavy atom. The molecule has 6 nitrogen and oxygen atoms in total. The van der Waals surface area contributed by atoms with Crippen LogP contribution in [-0.4, -0.2) is 44.4 Å². The molecule has 0 unspecified atom stereocenters. The van der Waals surface area contributed by atoms with Gasteiger partial charge in [-0.3, -0.25) is 4.79 Å². The highest BCUT2D eigenvalue weighted by Crippen LogP contribution is 2.27. The molecule has 7 heteroatoms. The van der Waals surface area contributed by atoms with Crippen LogP contribution in [0, 0.1) is 19.3 Å². The number of benzene rings is 3. The number of carbonyl (C=O) groups excluding carboxylic acids is 1. The Morgan fingerprint density at radius 1 is 1.00 bits per heavy atom. The molecule has 3 aromatic rings. The van der Waals surface area contributed by atoms with E-state index in [4.69, 9.17) is 4.74 Å². The number of hydrogen-bond acceptors (Lipinski definition) is 4. The van der Waals surface area contributed by atoms with Crippen LogP contribution in [0.4, 0.5) is 0 Å². The Bertz CT molecular complexity index is 1360. The van der Waals surface area contributed by atoms with E-state index in [1.54, 1.807) is 12.1 Å². The molecule has 3 aromatic carbocycles. The van der Waals surface area contributed by atoms with Gasteiger partial charge in [0.2, 0.25) is 15.9 Å². The lowest BCUT2D eigenvalue weighted by molar-refractivity contribution is -0.130. The molecule has 37 heavy (non-hydrogen) atoms. The summed E-state index contributed by atoms with van der Waals surface area (Å²) in [5.41, 5.74) is 1.74. The van der Waals surface area contributed by atoms with E-state index in [9.17, 15) is 13.2 Å². The number of rotatable bonds is 9. The molecule has 1 aliphatic heterocycles. The summed E-state index contributed by atoms with van der Waals surface area (Å²) in [6.45, 7) is 9.34. The highest BCUT2D eigenvalue weighted by atomic mass is 32.2. The lowest BCUT2D eigenvalue weighted by Crippen LogP contribution is -2.49. The van der Waals surface area contributed by atoms with Gasteiger partial charge in [-0.25, -0.2) is 8.42 Å². The average Bonchev–Trinajstić information content (AvgIpc) is 2.88. The smallest absolute Gasteiger partial charge is 0.243 e. The van der Waals surface area contributed by atoms with E-state index in [1.165, 1.54) is 4.31 Å². The fourth-order valence-corrected chi connectivity index (χ4v) is 6.28. The van der Waals surface area contributed by atoms with Crippen molar-refractivity contribution in [1.82, 2.24) is 9.62 Å². The quantitative estimate of drug-likeness (QED) is 0.371. The number of nitrogens with zero attached hydrogens (tertiary/aromatic N) is 1. The summed E-state index contributed by atoms with van der Waals surface area (Å²) < 4.78 is 34.0. The van der Waals surface area contributed by atoms with Crippen LogP contribution < -0.4 is 10.1 Å². The zero-order chi connectivity index (χ0) is 26.6.